The minimum Gasteiger partial charge on any atom is -0.477 e. The standard InChI is InChI=1S/C25H26ClNO5/c1-6-11-31-25(29)19-8-9-22-20(13-19)15(2)16(3)27(22)14-18-7-10-23(21(26)12-18)32-17(4)24(28)30-5/h6-10,12-13,17H,1,11,14H2,2-5H3/t17-/m1/s1. The van der Waals surface area contributed by atoms with Crippen molar-refractivity contribution in [3.8, 4) is 5.75 Å². The Morgan fingerprint density at radius 3 is 2.59 bits per heavy atom. The summed E-state index contributed by atoms with van der Waals surface area (Å²) in [6.45, 7) is 10.0. The number of nitrogens with zero attached hydrogens (tertiary/aromatic N) is 1. The second-order valence-corrected chi connectivity index (χ2v) is 7.87. The Labute approximate surface area is 192 Å². The fraction of sp³-hybridized carbons (Fsp3) is 0.280. The molecule has 1 aromatic heterocycles. The number of carbonyl (C=O) groups is 2. The molecule has 1 heterocycles. The Bertz CT molecular complexity index is 1180. The van der Waals surface area contributed by atoms with Gasteiger partial charge in [0.15, 0.2) is 6.10 Å². The van der Waals surface area contributed by atoms with E-state index < -0.39 is 12.1 Å². The second kappa shape index (κ2) is 9.92. The van der Waals surface area contributed by atoms with Crippen molar-refractivity contribution in [3.63, 3.8) is 0 Å². The summed E-state index contributed by atoms with van der Waals surface area (Å²) in [4.78, 5) is 23.8. The van der Waals surface area contributed by atoms with E-state index in [1.807, 2.05) is 38.1 Å². The lowest BCUT2D eigenvalue weighted by Crippen LogP contribution is -2.25. The topological polar surface area (TPSA) is 66.8 Å². The lowest BCUT2D eigenvalue weighted by molar-refractivity contribution is -0.147. The summed E-state index contributed by atoms with van der Waals surface area (Å²) in [6, 6.07) is 11.0. The van der Waals surface area contributed by atoms with Gasteiger partial charge < -0.3 is 18.8 Å². The third-order valence-corrected chi connectivity index (χ3v) is 5.68. The van der Waals surface area contributed by atoms with Crippen molar-refractivity contribution in [1.82, 2.24) is 4.57 Å². The third-order valence-electron chi connectivity index (χ3n) is 5.38. The number of hydrogen-bond donors (Lipinski definition) is 0. The summed E-state index contributed by atoms with van der Waals surface area (Å²) in [5, 5.41) is 1.41. The average molecular weight is 456 g/mol. The van der Waals surface area contributed by atoms with Gasteiger partial charge in [0.2, 0.25) is 0 Å². The Kier molecular flexibility index (Phi) is 7.26. The SMILES string of the molecule is C=CCOC(=O)c1ccc2c(c1)c(C)c(C)n2Cc1ccc(O[C@H](C)C(=O)OC)c(Cl)c1. The van der Waals surface area contributed by atoms with Gasteiger partial charge >= 0.3 is 11.9 Å². The molecule has 0 unspecified atom stereocenters. The molecule has 32 heavy (non-hydrogen) atoms. The normalized spacial score (nSPS) is 11.8. The van der Waals surface area contributed by atoms with Crippen LogP contribution in [0.5, 0.6) is 5.75 Å². The Morgan fingerprint density at radius 2 is 1.94 bits per heavy atom. The molecule has 0 amide bonds. The number of aryl methyl sites for hydroxylation is 1. The zero-order valence-corrected chi connectivity index (χ0v) is 19.4. The van der Waals surface area contributed by atoms with Crippen molar-refractivity contribution in [3.05, 3.63) is 76.5 Å². The first-order chi connectivity index (χ1) is 15.3. The molecule has 0 radical (unpaired) electrons. The summed E-state index contributed by atoms with van der Waals surface area (Å²) in [5.41, 5.74) is 4.67. The van der Waals surface area contributed by atoms with E-state index in [-0.39, 0.29) is 12.6 Å². The van der Waals surface area contributed by atoms with E-state index in [4.69, 9.17) is 21.1 Å². The van der Waals surface area contributed by atoms with Crippen molar-refractivity contribution in [2.24, 2.45) is 0 Å². The van der Waals surface area contributed by atoms with Crippen molar-refractivity contribution in [2.75, 3.05) is 13.7 Å². The van der Waals surface area contributed by atoms with Crippen LogP contribution in [0.3, 0.4) is 0 Å². The van der Waals surface area contributed by atoms with Gasteiger partial charge in [-0.15, -0.1) is 0 Å². The maximum absolute atomic E-state index is 12.2. The summed E-state index contributed by atoms with van der Waals surface area (Å²) < 4.78 is 17.6. The van der Waals surface area contributed by atoms with Crippen LogP contribution in [0, 0.1) is 13.8 Å². The maximum Gasteiger partial charge on any atom is 0.346 e. The van der Waals surface area contributed by atoms with Crippen LogP contribution >= 0.6 is 11.6 Å². The predicted octanol–water partition coefficient (Wildman–Crippen LogP) is 5.24. The molecule has 1 atom stereocenters. The number of aromatic nitrogens is 1. The highest BCUT2D eigenvalue weighted by molar-refractivity contribution is 6.32. The third kappa shape index (κ3) is 4.81. The van der Waals surface area contributed by atoms with E-state index in [0.29, 0.717) is 22.9 Å². The number of methoxy groups -OCH3 is 1. The number of fused-ring (bicyclic) bond motifs is 1. The highest BCUT2D eigenvalue weighted by Gasteiger charge is 2.18. The zero-order valence-electron chi connectivity index (χ0n) is 18.6. The van der Waals surface area contributed by atoms with Crippen LogP contribution in [0.4, 0.5) is 0 Å². The monoisotopic (exact) mass is 455 g/mol. The summed E-state index contributed by atoms with van der Waals surface area (Å²) in [5.74, 6) is -0.427. The Hall–Kier alpha value is -3.25. The van der Waals surface area contributed by atoms with Crippen LogP contribution in [0.15, 0.2) is 49.1 Å². The number of carbonyl (C=O) groups excluding carboxylic acids is 2. The van der Waals surface area contributed by atoms with Gasteiger partial charge in [-0.25, -0.2) is 9.59 Å². The number of esters is 2. The molecule has 0 aliphatic heterocycles. The first-order valence-electron chi connectivity index (χ1n) is 10.2. The van der Waals surface area contributed by atoms with Crippen LogP contribution < -0.4 is 4.74 Å². The smallest absolute Gasteiger partial charge is 0.346 e. The lowest BCUT2D eigenvalue weighted by Gasteiger charge is -2.15. The van der Waals surface area contributed by atoms with E-state index in [1.54, 1.807) is 25.1 Å². The highest BCUT2D eigenvalue weighted by Crippen LogP contribution is 2.30. The summed E-state index contributed by atoms with van der Waals surface area (Å²) >= 11 is 6.40. The van der Waals surface area contributed by atoms with Crippen LogP contribution in [-0.2, 0) is 20.8 Å². The van der Waals surface area contributed by atoms with E-state index in [1.165, 1.54) is 7.11 Å². The Balaban J connectivity index is 1.88. The molecule has 0 fully saturated rings. The first kappa shape index (κ1) is 23.4. The van der Waals surface area contributed by atoms with E-state index in [9.17, 15) is 9.59 Å². The molecule has 0 aliphatic carbocycles. The summed E-state index contributed by atoms with van der Waals surface area (Å²) in [7, 11) is 1.31. The molecule has 6 nitrogen and oxygen atoms in total. The molecule has 0 saturated carbocycles. The van der Waals surface area contributed by atoms with E-state index >= 15 is 0 Å². The molecule has 0 bridgehead atoms. The molecule has 3 aromatic rings. The van der Waals surface area contributed by atoms with E-state index in [0.717, 1.165) is 27.7 Å². The highest BCUT2D eigenvalue weighted by atomic mass is 35.5. The van der Waals surface area contributed by atoms with Crippen LogP contribution in [0.2, 0.25) is 5.02 Å². The second-order valence-electron chi connectivity index (χ2n) is 7.46. The fourth-order valence-corrected chi connectivity index (χ4v) is 3.77. The molecular formula is C25H26ClNO5. The van der Waals surface area contributed by atoms with Crippen LogP contribution in [0.25, 0.3) is 10.9 Å². The van der Waals surface area contributed by atoms with Gasteiger partial charge in [0.25, 0.3) is 0 Å². The maximum atomic E-state index is 12.2. The Morgan fingerprint density at radius 1 is 1.19 bits per heavy atom. The molecule has 168 valence electrons. The number of ether oxygens (including phenoxy) is 3. The first-order valence-corrected chi connectivity index (χ1v) is 10.5. The molecule has 2 aromatic carbocycles. The number of benzene rings is 2. The minimum atomic E-state index is -0.756. The molecule has 0 aliphatic rings. The molecule has 0 saturated heterocycles. The van der Waals surface area contributed by atoms with Gasteiger partial charge in [-0.3, -0.25) is 0 Å². The van der Waals surface area contributed by atoms with Crippen LogP contribution in [-0.4, -0.2) is 36.3 Å². The van der Waals surface area contributed by atoms with Gasteiger partial charge in [-0.2, -0.15) is 0 Å². The van der Waals surface area contributed by atoms with Crippen molar-refractivity contribution >= 4 is 34.4 Å². The van der Waals surface area contributed by atoms with Gasteiger partial charge in [0.05, 0.1) is 17.7 Å². The molecule has 0 spiro atoms. The van der Waals surface area contributed by atoms with Crippen LogP contribution in [0.1, 0.15) is 34.1 Å². The number of rotatable bonds is 8. The largest absolute Gasteiger partial charge is 0.477 e. The van der Waals surface area contributed by atoms with Gasteiger partial charge in [0, 0.05) is 23.1 Å². The average Bonchev–Trinajstić information content (AvgIpc) is 3.02. The van der Waals surface area contributed by atoms with Crippen molar-refractivity contribution < 1.29 is 23.8 Å². The van der Waals surface area contributed by atoms with Crippen molar-refractivity contribution in [2.45, 2.75) is 33.4 Å². The predicted molar refractivity (Wildman–Crippen MR) is 125 cm³/mol. The number of halogens is 1. The minimum absolute atomic E-state index is 0.175. The van der Waals surface area contributed by atoms with Gasteiger partial charge in [0.1, 0.15) is 12.4 Å². The zero-order chi connectivity index (χ0) is 23.4. The molecule has 7 heteroatoms. The van der Waals surface area contributed by atoms with E-state index in [2.05, 4.69) is 15.9 Å². The molecule has 3 rings (SSSR count). The van der Waals surface area contributed by atoms with Gasteiger partial charge in [-0.05, 0) is 62.2 Å². The summed E-state index contributed by atoms with van der Waals surface area (Å²) in [6.07, 6.45) is 0.786. The van der Waals surface area contributed by atoms with Gasteiger partial charge in [-0.1, -0.05) is 30.3 Å². The number of hydrogen-bond acceptors (Lipinski definition) is 5. The molecule has 0 N–H and O–H groups in total. The lowest BCUT2D eigenvalue weighted by atomic mass is 10.1. The van der Waals surface area contributed by atoms with Crippen molar-refractivity contribution in [1.29, 1.82) is 0 Å². The molecular weight excluding hydrogens is 430 g/mol. The quantitative estimate of drug-likeness (QED) is 0.343. The fourth-order valence-electron chi connectivity index (χ4n) is 3.52.